The van der Waals surface area contributed by atoms with Gasteiger partial charge >= 0.3 is 0 Å². The summed E-state index contributed by atoms with van der Waals surface area (Å²) in [6, 6.07) is 21.9. The third-order valence-corrected chi connectivity index (χ3v) is 6.09. The molecule has 0 atom stereocenters. The number of nitrogens with two attached hydrogens (primary N) is 1. The van der Waals surface area contributed by atoms with Crippen LogP contribution in [0.25, 0.3) is 5.70 Å². The zero-order chi connectivity index (χ0) is 26.4. The number of hydrogen-bond donors (Lipinski definition) is 1. The standard InChI is InChI=1S/C26H23ClN5O.C2H4O2/c1-33-22-11-9-18(10-12-22)25-20(14-21-7-4-5-13-31(21)25)15-29-24-16-30-32(26(24)28)17-19-6-2-3-8-23(19)27;1-2(3)4/h2-13,15-16H,14,17,28H2,1H3;1H3,(H,3,4)/q+1;/p-1. The number of nitrogen functional groups attached to an aromatic ring is 1. The highest BCUT2D eigenvalue weighted by Gasteiger charge is 2.30. The number of allylic oxidation sites excluding steroid dienone is 1. The summed E-state index contributed by atoms with van der Waals surface area (Å²) in [7, 11) is 1.67. The summed E-state index contributed by atoms with van der Waals surface area (Å²) < 4.78 is 9.23. The van der Waals surface area contributed by atoms with E-state index >= 15 is 0 Å². The Morgan fingerprint density at radius 2 is 1.89 bits per heavy atom. The lowest BCUT2D eigenvalue weighted by atomic mass is 10.1. The number of fused-ring (bicyclic) bond motifs is 1. The lowest BCUT2D eigenvalue weighted by Gasteiger charge is -2.06. The molecule has 0 spiro atoms. The molecule has 0 radical (unpaired) electrons. The minimum Gasteiger partial charge on any atom is -0.550 e. The van der Waals surface area contributed by atoms with E-state index in [1.807, 2.05) is 54.7 Å². The molecule has 8 nitrogen and oxygen atoms in total. The van der Waals surface area contributed by atoms with Gasteiger partial charge in [0, 0.05) is 34.9 Å². The molecular weight excluding hydrogens is 490 g/mol. The molecule has 1 aliphatic rings. The minimum absolute atomic E-state index is 0.488. The number of carbonyl (C=O) groups is 1. The van der Waals surface area contributed by atoms with E-state index in [0.29, 0.717) is 23.1 Å². The molecule has 0 saturated carbocycles. The molecule has 0 aliphatic carbocycles. The normalized spacial score (nSPS) is 12.3. The van der Waals surface area contributed by atoms with Crippen LogP contribution in [0.15, 0.2) is 89.7 Å². The van der Waals surface area contributed by atoms with Gasteiger partial charge in [0.25, 0.3) is 0 Å². The second kappa shape index (κ2) is 11.5. The lowest BCUT2D eigenvalue weighted by Crippen LogP contribution is -2.33. The fourth-order valence-corrected chi connectivity index (χ4v) is 4.20. The highest BCUT2D eigenvalue weighted by Crippen LogP contribution is 2.28. The van der Waals surface area contributed by atoms with Gasteiger partial charge in [-0.3, -0.25) is 4.99 Å². The number of benzene rings is 2. The average Bonchev–Trinajstić information content (AvgIpc) is 3.43. The fraction of sp³-hybridized carbons (Fsp3) is 0.143. The smallest absolute Gasteiger partial charge is 0.223 e. The molecule has 1 aliphatic heterocycles. The number of nitrogens with zero attached hydrogens (tertiary/aromatic N) is 4. The van der Waals surface area contributed by atoms with Crippen molar-refractivity contribution in [2.75, 3.05) is 12.8 Å². The lowest BCUT2D eigenvalue weighted by molar-refractivity contribution is -0.582. The zero-order valence-corrected chi connectivity index (χ0v) is 21.2. The summed E-state index contributed by atoms with van der Waals surface area (Å²) >= 11 is 6.29. The van der Waals surface area contributed by atoms with Crippen molar-refractivity contribution in [3.63, 3.8) is 0 Å². The van der Waals surface area contributed by atoms with Gasteiger partial charge in [-0.1, -0.05) is 35.9 Å². The topological polar surface area (TPSA) is 109 Å². The Kier molecular flexibility index (Phi) is 8.00. The molecule has 188 valence electrons. The number of aliphatic carboxylic acids is 1. The monoisotopic (exact) mass is 515 g/mol. The van der Waals surface area contributed by atoms with E-state index < -0.39 is 5.97 Å². The average molecular weight is 516 g/mol. The highest BCUT2D eigenvalue weighted by atomic mass is 35.5. The van der Waals surface area contributed by atoms with Gasteiger partial charge in [0.2, 0.25) is 5.70 Å². The first-order valence-electron chi connectivity index (χ1n) is 11.5. The van der Waals surface area contributed by atoms with E-state index in [1.165, 1.54) is 5.69 Å². The van der Waals surface area contributed by atoms with E-state index in [4.69, 9.17) is 37.0 Å². The summed E-state index contributed by atoms with van der Waals surface area (Å²) in [6.45, 7) is 1.46. The summed E-state index contributed by atoms with van der Waals surface area (Å²) in [5, 5.41) is 14.0. The van der Waals surface area contributed by atoms with Crippen LogP contribution in [0.5, 0.6) is 5.75 Å². The summed E-state index contributed by atoms with van der Waals surface area (Å²) in [5.74, 6) is 0.241. The number of aromatic nitrogens is 3. The molecular formula is C28H26ClN5O3. The van der Waals surface area contributed by atoms with Crippen LogP contribution in [0.4, 0.5) is 11.5 Å². The number of aliphatic imine (C=N–C) groups is 1. The van der Waals surface area contributed by atoms with Crippen LogP contribution in [0.1, 0.15) is 23.7 Å². The first-order chi connectivity index (χ1) is 17.9. The second-order valence-corrected chi connectivity index (χ2v) is 8.66. The Labute approximate surface area is 219 Å². The summed E-state index contributed by atoms with van der Waals surface area (Å²) in [6.07, 6.45) is 6.43. The number of rotatable bonds is 6. The van der Waals surface area contributed by atoms with E-state index in [2.05, 4.69) is 34.1 Å². The third kappa shape index (κ3) is 6.05. The first kappa shape index (κ1) is 25.7. The molecule has 0 unspecified atom stereocenters. The highest BCUT2D eigenvalue weighted by molar-refractivity contribution is 6.31. The van der Waals surface area contributed by atoms with Gasteiger partial charge in [0.15, 0.2) is 11.9 Å². The minimum atomic E-state index is -1.08. The Morgan fingerprint density at radius 3 is 2.59 bits per heavy atom. The number of halogens is 1. The molecule has 2 N–H and O–H groups in total. The second-order valence-electron chi connectivity index (χ2n) is 8.25. The Hall–Kier alpha value is -4.43. The van der Waals surface area contributed by atoms with Crippen molar-refractivity contribution in [2.45, 2.75) is 19.9 Å². The van der Waals surface area contributed by atoms with Crippen molar-refractivity contribution in [3.8, 4) is 5.75 Å². The van der Waals surface area contributed by atoms with Crippen molar-refractivity contribution in [1.29, 1.82) is 0 Å². The van der Waals surface area contributed by atoms with Crippen molar-refractivity contribution in [3.05, 3.63) is 107 Å². The molecule has 0 fully saturated rings. The summed E-state index contributed by atoms with van der Waals surface area (Å²) in [5.41, 5.74) is 12.4. The molecule has 0 amide bonds. The molecule has 2 aromatic heterocycles. The number of carboxylic acid groups (broad SMARTS) is 1. The SMILES string of the molecule is CC(=O)[O-].COc1ccc(C2=C(C=Nc3cnn(Cc4ccccc4Cl)c3N)Cc3cccc[n+]32)cc1. The van der Waals surface area contributed by atoms with Crippen molar-refractivity contribution in [1.82, 2.24) is 9.78 Å². The Bertz CT molecular complexity index is 1470. The molecule has 0 saturated heterocycles. The number of pyridine rings is 1. The fourth-order valence-electron chi connectivity index (χ4n) is 4.00. The zero-order valence-electron chi connectivity index (χ0n) is 20.5. The van der Waals surface area contributed by atoms with Gasteiger partial charge in [-0.15, -0.1) is 0 Å². The van der Waals surface area contributed by atoms with E-state index in [9.17, 15) is 0 Å². The molecule has 9 heteroatoms. The molecule has 0 bridgehead atoms. The van der Waals surface area contributed by atoms with Crippen LogP contribution in [0.3, 0.4) is 0 Å². The Balaban J connectivity index is 0.000000747. The van der Waals surface area contributed by atoms with Gasteiger partial charge in [-0.2, -0.15) is 9.67 Å². The van der Waals surface area contributed by atoms with Crippen LogP contribution in [0.2, 0.25) is 5.02 Å². The summed E-state index contributed by atoms with van der Waals surface area (Å²) in [4.78, 5) is 13.6. The van der Waals surface area contributed by atoms with Crippen LogP contribution in [-0.4, -0.2) is 29.1 Å². The number of carboxylic acids is 1. The third-order valence-electron chi connectivity index (χ3n) is 5.72. The van der Waals surface area contributed by atoms with Crippen LogP contribution in [-0.2, 0) is 17.8 Å². The number of ether oxygens (including phenoxy) is 1. The maximum Gasteiger partial charge on any atom is 0.223 e. The van der Waals surface area contributed by atoms with Crippen molar-refractivity contribution >= 4 is 41.0 Å². The number of carbonyl (C=O) groups excluding carboxylic acids is 1. The maximum atomic E-state index is 8.89. The predicted octanol–water partition coefficient (Wildman–Crippen LogP) is 3.44. The molecule has 4 aromatic rings. The van der Waals surface area contributed by atoms with Crippen LogP contribution in [0, 0.1) is 0 Å². The van der Waals surface area contributed by atoms with Crippen molar-refractivity contribution < 1.29 is 19.2 Å². The van der Waals surface area contributed by atoms with E-state index in [-0.39, 0.29) is 0 Å². The number of methoxy groups -OCH3 is 1. The van der Waals surface area contributed by atoms with Crippen molar-refractivity contribution in [2.24, 2.45) is 4.99 Å². The van der Waals surface area contributed by atoms with Gasteiger partial charge < -0.3 is 20.4 Å². The number of hydrogen-bond acceptors (Lipinski definition) is 6. The van der Waals surface area contributed by atoms with E-state index in [0.717, 1.165) is 41.5 Å². The molecule has 37 heavy (non-hydrogen) atoms. The quantitative estimate of drug-likeness (QED) is 0.312. The van der Waals surface area contributed by atoms with E-state index in [1.54, 1.807) is 18.0 Å². The molecule has 3 heterocycles. The molecule has 5 rings (SSSR count). The first-order valence-corrected chi connectivity index (χ1v) is 11.9. The van der Waals surface area contributed by atoms with Crippen LogP contribution < -0.4 is 20.1 Å². The maximum absolute atomic E-state index is 8.89. The largest absolute Gasteiger partial charge is 0.550 e. The van der Waals surface area contributed by atoms with Gasteiger partial charge in [0.1, 0.15) is 17.3 Å². The molecule has 2 aromatic carbocycles. The van der Waals surface area contributed by atoms with Crippen LogP contribution >= 0.6 is 11.6 Å². The number of anilines is 1. The van der Waals surface area contributed by atoms with Gasteiger partial charge in [-0.25, -0.2) is 4.68 Å². The Morgan fingerprint density at radius 1 is 1.19 bits per heavy atom. The van der Waals surface area contributed by atoms with Gasteiger partial charge in [0.05, 0.1) is 31.8 Å². The van der Waals surface area contributed by atoms with Gasteiger partial charge in [-0.05, 0) is 42.8 Å². The predicted molar refractivity (Wildman–Crippen MR) is 142 cm³/mol.